The number of alkyl halides is 1. The molecule has 0 fully saturated rings. The van der Waals surface area contributed by atoms with Crippen LogP contribution in [0.2, 0.25) is 5.04 Å². The summed E-state index contributed by atoms with van der Waals surface area (Å²) in [5.41, 5.74) is 0. The van der Waals surface area contributed by atoms with Crippen LogP contribution in [0.4, 0.5) is 4.39 Å². The molecule has 1 atom stereocenters. The Morgan fingerprint density at radius 3 is 1.93 bits per heavy atom. The largest absolute Gasteiger partial charge is 0.407 e. The lowest BCUT2D eigenvalue weighted by molar-refractivity contribution is -0.108. The summed E-state index contributed by atoms with van der Waals surface area (Å²) < 4.78 is 20.6. The monoisotopic (exact) mass is 400 g/mol. The summed E-state index contributed by atoms with van der Waals surface area (Å²) in [5.74, 6) is 0. The summed E-state index contributed by atoms with van der Waals surface area (Å²) in [4.78, 5) is 10.4. The fraction of sp³-hybridized carbons (Fsp3) is 0.458. The first kappa shape index (κ1) is 22.5. The van der Waals surface area contributed by atoms with Crippen molar-refractivity contribution in [3.05, 3.63) is 60.7 Å². The number of hydrogen-bond acceptors (Lipinski definition) is 2. The normalized spacial score (nSPS) is 13.3. The average molecular weight is 401 g/mol. The number of halogens is 1. The van der Waals surface area contributed by atoms with E-state index < -0.39 is 14.5 Å². The van der Waals surface area contributed by atoms with E-state index in [1.165, 1.54) is 10.4 Å². The molecule has 28 heavy (non-hydrogen) atoms. The van der Waals surface area contributed by atoms with Gasteiger partial charge < -0.3 is 9.22 Å². The molecule has 4 heteroatoms. The Labute approximate surface area is 170 Å². The van der Waals surface area contributed by atoms with E-state index in [9.17, 15) is 9.18 Å². The number of aldehydes is 1. The van der Waals surface area contributed by atoms with Crippen LogP contribution in [0.25, 0.3) is 0 Å². The van der Waals surface area contributed by atoms with Crippen LogP contribution in [0.15, 0.2) is 60.7 Å². The van der Waals surface area contributed by atoms with E-state index in [1.54, 1.807) is 0 Å². The summed E-state index contributed by atoms with van der Waals surface area (Å²) in [7, 11) is -2.49. The Balaban J connectivity index is 2.17. The van der Waals surface area contributed by atoms with Crippen molar-refractivity contribution in [3.63, 3.8) is 0 Å². The molecule has 0 heterocycles. The molecule has 2 rings (SSSR count). The minimum absolute atomic E-state index is 0.0394. The van der Waals surface area contributed by atoms with Gasteiger partial charge in [0.25, 0.3) is 8.32 Å². The van der Waals surface area contributed by atoms with Crippen LogP contribution in [0.1, 0.15) is 52.9 Å². The van der Waals surface area contributed by atoms with Gasteiger partial charge in [-0.3, -0.25) is 0 Å². The highest BCUT2D eigenvalue weighted by Gasteiger charge is 2.49. The lowest BCUT2D eigenvalue weighted by Crippen LogP contribution is -2.66. The van der Waals surface area contributed by atoms with E-state index in [4.69, 9.17) is 4.43 Å². The van der Waals surface area contributed by atoms with Crippen LogP contribution < -0.4 is 10.4 Å². The molecule has 1 unspecified atom stereocenters. The molecule has 0 aliphatic heterocycles. The van der Waals surface area contributed by atoms with Gasteiger partial charge in [0, 0.05) is 13.0 Å². The van der Waals surface area contributed by atoms with Crippen LogP contribution >= 0.6 is 0 Å². The molecule has 0 aliphatic carbocycles. The maximum atomic E-state index is 13.8. The van der Waals surface area contributed by atoms with Crippen LogP contribution in [0.3, 0.4) is 0 Å². The molecule has 0 N–H and O–H groups in total. The average Bonchev–Trinajstić information content (AvgIpc) is 2.69. The lowest BCUT2D eigenvalue weighted by Gasteiger charge is -2.43. The van der Waals surface area contributed by atoms with Gasteiger partial charge in [-0.15, -0.1) is 0 Å². The van der Waals surface area contributed by atoms with Gasteiger partial charge in [-0.05, 0) is 41.1 Å². The highest BCUT2D eigenvalue weighted by molar-refractivity contribution is 6.99. The van der Waals surface area contributed by atoms with Crippen molar-refractivity contribution in [2.75, 3.05) is 6.61 Å². The molecule has 0 saturated carbocycles. The predicted octanol–water partition coefficient (Wildman–Crippen LogP) is 5.05. The van der Waals surface area contributed by atoms with Crippen LogP contribution in [-0.2, 0) is 9.22 Å². The third-order valence-electron chi connectivity index (χ3n) is 5.24. The third-order valence-corrected chi connectivity index (χ3v) is 10.3. The van der Waals surface area contributed by atoms with Gasteiger partial charge >= 0.3 is 0 Å². The van der Waals surface area contributed by atoms with E-state index in [-0.39, 0.29) is 5.04 Å². The lowest BCUT2D eigenvalue weighted by atomic mass is 10.1. The first-order chi connectivity index (χ1) is 13.4. The van der Waals surface area contributed by atoms with E-state index >= 15 is 0 Å². The number of rotatable bonds is 11. The molecule has 0 radical (unpaired) electrons. The molecule has 0 amide bonds. The minimum atomic E-state index is -2.49. The zero-order valence-corrected chi connectivity index (χ0v) is 18.4. The molecule has 0 saturated heterocycles. The van der Waals surface area contributed by atoms with Crippen LogP contribution in [0.5, 0.6) is 0 Å². The summed E-state index contributed by atoms with van der Waals surface area (Å²) in [6.07, 6.45) is 2.64. The van der Waals surface area contributed by atoms with Gasteiger partial charge in [0.2, 0.25) is 0 Å². The summed E-state index contributed by atoms with van der Waals surface area (Å²) >= 11 is 0. The van der Waals surface area contributed by atoms with Crippen molar-refractivity contribution in [3.8, 4) is 0 Å². The van der Waals surface area contributed by atoms with Gasteiger partial charge in [-0.25, -0.2) is 4.39 Å². The Kier molecular flexibility index (Phi) is 8.58. The maximum absolute atomic E-state index is 13.8. The SMILES string of the molecule is CC(C)(C)[Si](OCCCCC(F)CCC=O)(c1ccccc1)c1ccccc1. The van der Waals surface area contributed by atoms with E-state index in [1.807, 2.05) is 12.1 Å². The maximum Gasteiger partial charge on any atom is 0.261 e. The second-order valence-electron chi connectivity index (χ2n) is 8.35. The molecule has 2 aromatic rings. The van der Waals surface area contributed by atoms with E-state index in [0.717, 1.165) is 19.1 Å². The first-order valence-electron chi connectivity index (χ1n) is 10.2. The second-order valence-corrected chi connectivity index (χ2v) is 12.7. The smallest absolute Gasteiger partial charge is 0.261 e. The quantitative estimate of drug-likeness (QED) is 0.300. The Morgan fingerprint density at radius 2 is 1.46 bits per heavy atom. The summed E-state index contributed by atoms with van der Waals surface area (Å²) in [6, 6.07) is 21.1. The first-order valence-corrected chi connectivity index (χ1v) is 12.2. The molecule has 152 valence electrons. The molecular formula is C24H33FO2Si. The second kappa shape index (κ2) is 10.7. The van der Waals surface area contributed by atoms with Crippen molar-refractivity contribution in [1.29, 1.82) is 0 Å². The van der Waals surface area contributed by atoms with Crippen molar-refractivity contribution in [1.82, 2.24) is 0 Å². The fourth-order valence-electron chi connectivity index (χ4n) is 3.85. The van der Waals surface area contributed by atoms with E-state index in [0.29, 0.717) is 25.9 Å². The Bertz CT molecular complexity index is 658. The number of unbranched alkanes of at least 4 members (excludes halogenated alkanes) is 1. The molecule has 2 aromatic carbocycles. The van der Waals surface area contributed by atoms with Gasteiger partial charge in [-0.2, -0.15) is 0 Å². The Morgan fingerprint density at radius 1 is 0.929 bits per heavy atom. The number of carbonyl (C=O) groups excluding carboxylic acids is 1. The van der Waals surface area contributed by atoms with Gasteiger partial charge in [-0.1, -0.05) is 81.4 Å². The molecule has 0 aromatic heterocycles. The minimum Gasteiger partial charge on any atom is -0.407 e. The zero-order chi connectivity index (χ0) is 20.5. The zero-order valence-electron chi connectivity index (χ0n) is 17.4. The van der Waals surface area contributed by atoms with Crippen molar-refractivity contribution in [2.45, 2.75) is 64.1 Å². The van der Waals surface area contributed by atoms with Crippen molar-refractivity contribution < 1.29 is 13.6 Å². The van der Waals surface area contributed by atoms with E-state index in [2.05, 4.69) is 69.3 Å². The van der Waals surface area contributed by atoms with Crippen molar-refractivity contribution >= 4 is 25.0 Å². The summed E-state index contributed by atoms with van der Waals surface area (Å²) in [5, 5.41) is 2.49. The molecule has 2 nitrogen and oxygen atoms in total. The number of carbonyl (C=O) groups is 1. The molecule has 0 spiro atoms. The highest BCUT2D eigenvalue weighted by atomic mass is 28.4. The van der Waals surface area contributed by atoms with Crippen LogP contribution in [0, 0.1) is 0 Å². The van der Waals surface area contributed by atoms with Gasteiger partial charge in [0.05, 0.1) is 0 Å². The molecule has 0 aliphatic rings. The highest BCUT2D eigenvalue weighted by Crippen LogP contribution is 2.36. The van der Waals surface area contributed by atoms with Gasteiger partial charge in [0.15, 0.2) is 0 Å². The third kappa shape index (κ3) is 5.61. The van der Waals surface area contributed by atoms with Crippen LogP contribution in [-0.4, -0.2) is 27.4 Å². The topological polar surface area (TPSA) is 26.3 Å². The molecular weight excluding hydrogens is 367 g/mol. The number of benzene rings is 2. The number of hydrogen-bond donors (Lipinski definition) is 0. The van der Waals surface area contributed by atoms with Gasteiger partial charge in [0.1, 0.15) is 12.5 Å². The fourth-order valence-corrected chi connectivity index (χ4v) is 8.45. The standard InChI is InChI=1S/C24H33FO2Si/c1-24(2,3)28(22-15-6-4-7-16-22,23-17-8-5-9-18-23)27-20-11-10-13-21(25)14-12-19-26/h4-9,15-19,21H,10-14,20H2,1-3H3. The van der Waals surface area contributed by atoms with Crippen molar-refractivity contribution in [2.24, 2.45) is 0 Å². The Hall–Kier alpha value is -1.78. The predicted molar refractivity (Wildman–Crippen MR) is 118 cm³/mol. The molecule has 0 bridgehead atoms. The summed E-state index contributed by atoms with van der Waals surface area (Å²) in [6.45, 7) is 7.40.